The summed E-state index contributed by atoms with van der Waals surface area (Å²) < 4.78 is 41.6. The maximum Gasteiger partial charge on any atom is 0.655 e. The minimum atomic E-state index is -2.81. The fraction of sp³-hybridized carbons (Fsp3) is 0. The van der Waals surface area contributed by atoms with E-state index in [0.29, 0.717) is 11.9 Å². The second-order valence-electron chi connectivity index (χ2n) is 0.860. The van der Waals surface area contributed by atoms with Gasteiger partial charge in [-0.3, -0.25) is 17.3 Å². The normalized spacial score (nSPS) is 5.27. The van der Waals surface area contributed by atoms with Crippen molar-refractivity contribution < 1.29 is 17.3 Å². The predicted octanol–water partition coefficient (Wildman–Crippen LogP) is 0.572. The molecule has 0 bridgehead atoms. The topological polar surface area (TPSA) is 47.6 Å². The molecular weight excluding hydrogens is 189 g/mol. The van der Waals surface area contributed by atoms with Crippen LogP contribution < -0.4 is 0 Å². The van der Waals surface area contributed by atoms with Crippen LogP contribution in [-0.4, -0.2) is 65.9 Å². The van der Waals surface area contributed by atoms with Gasteiger partial charge in [0, 0.05) is 51.4 Å². The zero-order valence-corrected chi connectivity index (χ0v) is 8.68. The largest absolute Gasteiger partial charge is 0.655 e. The molecule has 0 aromatic heterocycles. The third-order valence-corrected chi connectivity index (χ3v) is 0.195. The van der Waals surface area contributed by atoms with E-state index in [0.717, 1.165) is 0 Å². The molecular formula is C2B2F4KN2. The number of halogens is 4. The van der Waals surface area contributed by atoms with Crippen LogP contribution in [0.15, 0.2) is 0 Å². The molecule has 0 aromatic carbocycles. The van der Waals surface area contributed by atoms with E-state index in [1.54, 1.807) is 0 Å². The zero-order chi connectivity index (χ0) is 8.57. The molecule has 1 radical (unpaired) electrons. The van der Waals surface area contributed by atoms with Gasteiger partial charge >= 0.3 is 14.5 Å². The molecule has 0 amide bonds. The van der Waals surface area contributed by atoms with Crippen molar-refractivity contribution in [1.29, 1.82) is 10.5 Å². The minimum Gasteiger partial charge on any atom is -0.272 e. The van der Waals surface area contributed by atoms with Gasteiger partial charge < -0.3 is 0 Å². The van der Waals surface area contributed by atoms with E-state index in [1.165, 1.54) is 0 Å². The fourth-order valence-electron chi connectivity index (χ4n) is 0. The number of rotatable bonds is 0. The molecule has 0 saturated heterocycles. The Bertz CT molecular complexity index is 133. The fourth-order valence-corrected chi connectivity index (χ4v) is 0. The Hall–Kier alpha value is 0.466. The summed E-state index contributed by atoms with van der Waals surface area (Å²) in [5.74, 6) is 1.39. The molecule has 0 fully saturated rings. The Balaban J connectivity index is -0.000000107. The van der Waals surface area contributed by atoms with Gasteiger partial charge in [-0.1, -0.05) is 0 Å². The van der Waals surface area contributed by atoms with E-state index in [1.807, 2.05) is 0 Å². The average molecular weight is 189 g/mol. The molecule has 0 unspecified atom stereocenters. The molecule has 0 aliphatic carbocycles. The van der Waals surface area contributed by atoms with Crippen molar-refractivity contribution in [3.05, 3.63) is 0 Å². The van der Waals surface area contributed by atoms with Crippen molar-refractivity contribution >= 4 is 65.9 Å². The van der Waals surface area contributed by atoms with E-state index in [2.05, 4.69) is 0 Å². The summed E-state index contributed by atoms with van der Waals surface area (Å²) in [7, 11) is -5.62. The first-order chi connectivity index (χ1) is 4.54. The van der Waals surface area contributed by atoms with Crippen LogP contribution in [0.3, 0.4) is 0 Å². The van der Waals surface area contributed by atoms with E-state index < -0.39 is 14.5 Å². The molecule has 0 atom stereocenters. The van der Waals surface area contributed by atoms with Gasteiger partial charge in [-0.25, -0.2) is 10.5 Å². The first kappa shape index (κ1) is 17.5. The molecule has 0 aromatic rings. The summed E-state index contributed by atoms with van der Waals surface area (Å²) in [5, 5.41) is 14.3. The van der Waals surface area contributed by atoms with Crippen molar-refractivity contribution in [3.8, 4) is 11.9 Å². The van der Waals surface area contributed by atoms with Gasteiger partial charge in [-0.15, -0.1) is 0 Å². The standard InChI is InChI=1S/2CBF2N.K/c2*3-2(4)1-5;. The molecule has 0 N–H and O–H groups in total. The molecule has 2 nitrogen and oxygen atoms in total. The predicted molar refractivity (Wildman–Crippen MR) is 32.9 cm³/mol. The summed E-state index contributed by atoms with van der Waals surface area (Å²) in [5.41, 5.74) is 0. The Morgan fingerprint density at radius 2 is 0.909 bits per heavy atom. The second-order valence-corrected chi connectivity index (χ2v) is 0.860. The van der Waals surface area contributed by atoms with Crippen LogP contribution in [0, 0.1) is 22.5 Å². The van der Waals surface area contributed by atoms with Crippen molar-refractivity contribution in [3.63, 3.8) is 0 Å². The molecule has 0 rings (SSSR count). The van der Waals surface area contributed by atoms with Crippen LogP contribution in [0.1, 0.15) is 0 Å². The SMILES string of the molecule is N#CB(F)F.N#CB(F)F.[K]. The third-order valence-electron chi connectivity index (χ3n) is 0.195. The van der Waals surface area contributed by atoms with Gasteiger partial charge in [-0.2, -0.15) is 0 Å². The van der Waals surface area contributed by atoms with Gasteiger partial charge in [0.25, 0.3) is 0 Å². The Kier molecular flexibility index (Phi) is 20.8. The van der Waals surface area contributed by atoms with Crippen molar-refractivity contribution in [1.82, 2.24) is 0 Å². The van der Waals surface area contributed by atoms with Gasteiger partial charge in [0.2, 0.25) is 0 Å². The van der Waals surface area contributed by atoms with E-state index in [-0.39, 0.29) is 51.4 Å². The van der Waals surface area contributed by atoms with Crippen LogP contribution in [0.5, 0.6) is 0 Å². The Morgan fingerprint density at radius 1 is 0.818 bits per heavy atom. The first-order valence-corrected chi connectivity index (χ1v) is 1.90. The molecule has 0 aliphatic heterocycles. The number of nitriles is 2. The van der Waals surface area contributed by atoms with E-state index in [4.69, 9.17) is 10.5 Å². The molecule has 0 aliphatic rings. The molecule has 53 valence electrons. The zero-order valence-electron chi connectivity index (χ0n) is 5.56. The van der Waals surface area contributed by atoms with Crippen LogP contribution in [-0.2, 0) is 0 Å². The molecule has 9 heteroatoms. The monoisotopic (exact) mass is 189 g/mol. The van der Waals surface area contributed by atoms with E-state index >= 15 is 0 Å². The van der Waals surface area contributed by atoms with Gasteiger partial charge in [0.05, 0.1) is 11.9 Å². The van der Waals surface area contributed by atoms with Crippen LogP contribution in [0.25, 0.3) is 0 Å². The summed E-state index contributed by atoms with van der Waals surface area (Å²) in [6.07, 6.45) is 0. The quantitative estimate of drug-likeness (QED) is 0.412. The summed E-state index contributed by atoms with van der Waals surface area (Å²) >= 11 is 0. The maximum atomic E-state index is 10.4. The maximum absolute atomic E-state index is 10.4. The van der Waals surface area contributed by atoms with Gasteiger partial charge in [-0.05, 0) is 0 Å². The third kappa shape index (κ3) is 37.6. The Labute approximate surface area is 104 Å². The molecule has 0 spiro atoms. The molecule has 0 heterocycles. The van der Waals surface area contributed by atoms with Crippen LogP contribution in [0.4, 0.5) is 17.3 Å². The Morgan fingerprint density at radius 3 is 0.909 bits per heavy atom. The van der Waals surface area contributed by atoms with Crippen LogP contribution in [0.2, 0.25) is 0 Å². The second kappa shape index (κ2) is 13.1. The summed E-state index contributed by atoms with van der Waals surface area (Å²) in [4.78, 5) is 0. The molecule has 11 heavy (non-hydrogen) atoms. The smallest absolute Gasteiger partial charge is 0.272 e. The summed E-state index contributed by atoms with van der Waals surface area (Å²) in [6.45, 7) is 0. The van der Waals surface area contributed by atoms with Gasteiger partial charge in [0.1, 0.15) is 0 Å². The minimum absolute atomic E-state index is 0. The summed E-state index contributed by atoms with van der Waals surface area (Å²) in [6, 6.07) is 0. The van der Waals surface area contributed by atoms with Crippen molar-refractivity contribution in [2.45, 2.75) is 0 Å². The van der Waals surface area contributed by atoms with Crippen molar-refractivity contribution in [2.75, 3.05) is 0 Å². The average Bonchev–Trinajstić information content (AvgIpc) is 1.89. The number of nitrogens with zero attached hydrogens (tertiary/aromatic N) is 2. The van der Waals surface area contributed by atoms with E-state index in [9.17, 15) is 17.3 Å². The number of hydrogen-bond donors (Lipinski definition) is 0. The first-order valence-electron chi connectivity index (χ1n) is 1.90. The van der Waals surface area contributed by atoms with Crippen molar-refractivity contribution in [2.24, 2.45) is 0 Å². The van der Waals surface area contributed by atoms with Gasteiger partial charge in [0.15, 0.2) is 0 Å². The van der Waals surface area contributed by atoms with Crippen LogP contribution >= 0.6 is 0 Å². The molecule has 0 saturated carbocycles. The number of hydrogen-bond acceptors (Lipinski definition) is 2.